The number of halogens is 2. The van der Waals surface area contributed by atoms with Crippen molar-refractivity contribution in [3.05, 3.63) is 97.3 Å². The van der Waals surface area contributed by atoms with Gasteiger partial charge in [-0.3, -0.25) is 14.5 Å². The first kappa shape index (κ1) is 24.6. The normalized spacial score (nSPS) is 14.7. The van der Waals surface area contributed by atoms with Gasteiger partial charge < -0.3 is 9.47 Å². The molecule has 0 spiro atoms. The molecule has 0 bridgehead atoms. The molecule has 174 valence electrons. The SMILES string of the molecule is Cc1cccc(OCCN2C(=O)S/C(=C\c3cc(Br)c(OCc4ccccc4)c(Br)c3)C2=O)c1. The van der Waals surface area contributed by atoms with E-state index in [1.54, 1.807) is 6.08 Å². The molecule has 0 radical (unpaired) electrons. The van der Waals surface area contributed by atoms with Gasteiger partial charge in [0, 0.05) is 0 Å². The number of rotatable bonds is 8. The van der Waals surface area contributed by atoms with Gasteiger partial charge in [-0.25, -0.2) is 0 Å². The fraction of sp³-hybridized carbons (Fsp3) is 0.154. The van der Waals surface area contributed by atoms with E-state index in [0.29, 0.717) is 23.0 Å². The van der Waals surface area contributed by atoms with Gasteiger partial charge in [0.15, 0.2) is 0 Å². The number of aryl methyl sites for hydroxylation is 1. The van der Waals surface area contributed by atoms with Crippen molar-refractivity contribution in [1.29, 1.82) is 0 Å². The Morgan fingerprint density at radius 1 is 0.941 bits per heavy atom. The molecule has 0 aromatic heterocycles. The van der Waals surface area contributed by atoms with Crippen molar-refractivity contribution < 1.29 is 19.1 Å². The van der Waals surface area contributed by atoms with Crippen LogP contribution in [0.1, 0.15) is 16.7 Å². The second kappa shape index (κ2) is 11.3. The van der Waals surface area contributed by atoms with Crippen LogP contribution in [0.5, 0.6) is 11.5 Å². The lowest BCUT2D eigenvalue weighted by Crippen LogP contribution is -2.32. The van der Waals surface area contributed by atoms with Crippen LogP contribution < -0.4 is 9.47 Å². The highest BCUT2D eigenvalue weighted by molar-refractivity contribution is 9.11. The maximum Gasteiger partial charge on any atom is 0.293 e. The molecule has 0 saturated carbocycles. The molecule has 1 aliphatic heterocycles. The molecule has 3 aromatic carbocycles. The van der Waals surface area contributed by atoms with Crippen LogP contribution >= 0.6 is 43.6 Å². The molecule has 8 heteroatoms. The summed E-state index contributed by atoms with van der Waals surface area (Å²) in [6.07, 6.45) is 1.71. The van der Waals surface area contributed by atoms with Crippen LogP contribution in [0, 0.1) is 6.92 Å². The number of ether oxygens (including phenoxy) is 2. The third-order valence-corrected chi connectivity index (χ3v) is 7.08. The summed E-state index contributed by atoms with van der Waals surface area (Å²) in [5.41, 5.74) is 2.91. The summed E-state index contributed by atoms with van der Waals surface area (Å²) >= 11 is 8.03. The zero-order valence-corrected chi connectivity index (χ0v) is 22.3. The first-order valence-corrected chi connectivity index (χ1v) is 12.9. The summed E-state index contributed by atoms with van der Waals surface area (Å²) < 4.78 is 13.1. The lowest BCUT2D eigenvalue weighted by Gasteiger charge is -2.13. The quantitative estimate of drug-likeness (QED) is 0.255. The van der Waals surface area contributed by atoms with Crippen molar-refractivity contribution in [3.63, 3.8) is 0 Å². The van der Waals surface area contributed by atoms with Gasteiger partial charge in [-0.2, -0.15) is 0 Å². The van der Waals surface area contributed by atoms with Gasteiger partial charge >= 0.3 is 0 Å². The molecule has 0 unspecified atom stereocenters. The first-order valence-electron chi connectivity index (χ1n) is 10.5. The van der Waals surface area contributed by atoms with Gasteiger partial charge in [-0.1, -0.05) is 42.5 Å². The summed E-state index contributed by atoms with van der Waals surface area (Å²) in [6.45, 7) is 2.84. The van der Waals surface area contributed by atoms with Crippen molar-refractivity contribution in [2.24, 2.45) is 0 Å². The third kappa shape index (κ3) is 6.11. The summed E-state index contributed by atoms with van der Waals surface area (Å²) in [6, 6.07) is 21.3. The Hall–Kier alpha value is -2.55. The number of hydrogen-bond donors (Lipinski definition) is 0. The zero-order valence-electron chi connectivity index (χ0n) is 18.3. The van der Waals surface area contributed by atoms with E-state index < -0.39 is 0 Å². The number of amides is 2. The molecule has 1 aliphatic rings. The van der Waals surface area contributed by atoms with Crippen molar-refractivity contribution in [2.45, 2.75) is 13.5 Å². The predicted molar refractivity (Wildman–Crippen MR) is 142 cm³/mol. The van der Waals surface area contributed by atoms with E-state index in [1.165, 1.54) is 4.90 Å². The van der Waals surface area contributed by atoms with Crippen LogP contribution in [0.2, 0.25) is 0 Å². The molecule has 34 heavy (non-hydrogen) atoms. The minimum absolute atomic E-state index is 0.190. The van der Waals surface area contributed by atoms with Crippen molar-refractivity contribution in [3.8, 4) is 11.5 Å². The number of nitrogens with zero attached hydrogens (tertiary/aromatic N) is 1. The Labute approximate surface area is 219 Å². The van der Waals surface area contributed by atoms with E-state index in [2.05, 4.69) is 31.9 Å². The molecule has 5 nitrogen and oxygen atoms in total. The smallest absolute Gasteiger partial charge is 0.293 e. The molecule has 0 atom stereocenters. The molecule has 0 N–H and O–H groups in total. The fourth-order valence-corrected chi connectivity index (χ4v) is 5.65. The van der Waals surface area contributed by atoms with Gasteiger partial charge in [0.25, 0.3) is 11.1 Å². The van der Waals surface area contributed by atoms with Gasteiger partial charge in [0.2, 0.25) is 0 Å². The molecule has 0 aliphatic carbocycles. The molecular weight excluding hydrogens is 582 g/mol. The maximum absolute atomic E-state index is 12.8. The Bertz CT molecular complexity index is 1220. The van der Waals surface area contributed by atoms with E-state index in [9.17, 15) is 9.59 Å². The fourth-order valence-electron chi connectivity index (χ4n) is 3.33. The summed E-state index contributed by atoms with van der Waals surface area (Å²) in [7, 11) is 0. The highest BCUT2D eigenvalue weighted by Gasteiger charge is 2.34. The lowest BCUT2D eigenvalue weighted by atomic mass is 10.2. The van der Waals surface area contributed by atoms with Crippen molar-refractivity contribution in [1.82, 2.24) is 4.90 Å². The van der Waals surface area contributed by atoms with E-state index in [4.69, 9.17) is 9.47 Å². The summed E-state index contributed by atoms with van der Waals surface area (Å²) in [5, 5.41) is -0.301. The van der Waals surface area contributed by atoms with Crippen LogP contribution in [-0.4, -0.2) is 29.2 Å². The van der Waals surface area contributed by atoms with E-state index >= 15 is 0 Å². The maximum atomic E-state index is 12.8. The van der Waals surface area contributed by atoms with Crippen LogP contribution in [-0.2, 0) is 11.4 Å². The molecule has 4 rings (SSSR count). The minimum Gasteiger partial charge on any atom is -0.492 e. The van der Waals surface area contributed by atoms with Crippen LogP contribution in [0.15, 0.2) is 80.6 Å². The van der Waals surface area contributed by atoms with E-state index in [-0.39, 0.29) is 24.3 Å². The number of thioether (sulfide) groups is 1. The molecular formula is C26H21Br2NO4S. The zero-order chi connectivity index (χ0) is 24.1. The van der Waals surface area contributed by atoms with Crippen LogP contribution in [0.4, 0.5) is 4.79 Å². The van der Waals surface area contributed by atoms with Gasteiger partial charge in [-0.15, -0.1) is 0 Å². The van der Waals surface area contributed by atoms with Gasteiger partial charge in [-0.05, 0) is 97.6 Å². The average molecular weight is 603 g/mol. The number of benzene rings is 3. The van der Waals surface area contributed by atoms with Gasteiger partial charge in [0.05, 0.1) is 20.4 Å². The van der Waals surface area contributed by atoms with Crippen molar-refractivity contribution in [2.75, 3.05) is 13.2 Å². The van der Waals surface area contributed by atoms with E-state index in [1.807, 2.05) is 73.7 Å². The summed E-state index contributed by atoms with van der Waals surface area (Å²) in [4.78, 5) is 26.8. The molecule has 1 saturated heterocycles. The number of imide groups is 1. The highest BCUT2D eigenvalue weighted by atomic mass is 79.9. The number of hydrogen-bond acceptors (Lipinski definition) is 5. The number of carbonyl (C=O) groups excluding carboxylic acids is 2. The second-order valence-corrected chi connectivity index (χ2v) is 10.3. The molecule has 1 fully saturated rings. The second-order valence-electron chi connectivity index (χ2n) is 7.59. The monoisotopic (exact) mass is 601 g/mol. The largest absolute Gasteiger partial charge is 0.492 e. The Balaban J connectivity index is 1.41. The Morgan fingerprint density at radius 3 is 2.38 bits per heavy atom. The highest BCUT2D eigenvalue weighted by Crippen LogP contribution is 2.38. The number of carbonyl (C=O) groups is 2. The Kier molecular flexibility index (Phi) is 8.13. The van der Waals surface area contributed by atoms with Crippen LogP contribution in [0.25, 0.3) is 6.08 Å². The minimum atomic E-state index is -0.320. The third-order valence-electron chi connectivity index (χ3n) is 4.99. The van der Waals surface area contributed by atoms with Gasteiger partial charge in [0.1, 0.15) is 24.7 Å². The first-order chi connectivity index (χ1) is 16.4. The topological polar surface area (TPSA) is 55.8 Å². The van der Waals surface area contributed by atoms with Crippen molar-refractivity contribution >= 4 is 60.8 Å². The molecule has 3 aromatic rings. The Morgan fingerprint density at radius 2 is 1.68 bits per heavy atom. The predicted octanol–water partition coefficient (Wildman–Crippen LogP) is 7.21. The average Bonchev–Trinajstić information content (AvgIpc) is 3.06. The lowest BCUT2D eigenvalue weighted by molar-refractivity contribution is -0.123. The molecule has 2 amide bonds. The standard InChI is InChI=1S/C26H21Br2NO4S/c1-17-6-5-9-20(12-17)32-11-10-29-25(30)23(34-26(29)31)15-19-13-21(27)24(22(28)14-19)33-16-18-7-3-2-4-8-18/h2-9,12-15H,10-11,16H2,1H3/b23-15-. The summed E-state index contributed by atoms with van der Waals surface area (Å²) in [5.74, 6) is 1.06. The van der Waals surface area contributed by atoms with E-state index in [0.717, 1.165) is 37.4 Å². The molecule has 1 heterocycles. The van der Waals surface area contributed by atoms with Crippen LogP contribution in [0.3, 0.4) is 0 Å².